The van der Waals surface area contributed by atoms with E-state index in [0.717, 1.165) is 24.9 Å². The Hall–Kier alpha value is -1.09. The molecule has 88 valence electrons. The van der Waals surface area contributed by atoms with Gasteiger partial charge in [0.15, 0.2) is 11.6 Å². The molecule has 1 aromatic carbocycles. The lowest BCUT2D eigenvalue weighted by atomic mass is 10.0. The van der Waals surface area contributed by atoms with Gasteiger partial charge in [-0.1, -0.05) is 32.4 Å². The van der Waals surface area contributed by atoms with Crippen LogP contribution in [-0.4, -0.2) is 12.6 Å². The summed E-state index contributed by atoms with van der Waals surface area (Å²) in [7, 11) is 0. The van der Waals surface area contributed by atoms with Gasteiger partial charge in [0, 0.05) is 5.56 Å². The van der Waals surface area contributed by atoms with Gasteiger partial charge in [-0.25, -0.2) is 4.39 Å². The van der Waals surface area contributed by atoms with Crippen molar-refractivity contribution in [2.24, 2.45) is 0 Å². The third-order valence-electron chi connectivity index (χ3n) is 2.97. The second-order valence-electron chi connectivity index (χ2n) is 4.14. The lowest BCUT2D eigenvalue weighted by molar-refractivity contribution is 0.174. The lowest BCUT2D eigenvalue weighted by Gasteiger charge is -2.18. The molecular weight excluding hydrogens is 205 g/mol. The van der Waals surface area contributed by atoms with Crippen LogP contribution in [0.5, 0.6) is 5.75 Å². The van der Waals surface area contributed by atoms with E-state index in [1.54, 1.807) is 6.07 Å². The maximum Gasteiger partial charge on any atom is 0.165 e. The molecule has 0 radical (unpaired) electrons. The molecule has 2 unspecified atom stereocenters. The number of likely N-dealkylation sites (N-methyl/N-ethyl adjacent to an activating group) is 1. The van der Waals surface area contributed by atoms with Crippen LogP contribution in [0.15, 0.2) is 18.2 Å². The lowest BCUT2D eigenvalue weighted by Crippen LogP contribution is -2.30. The molecule has 0 saturated carbocycles. The highest BCUT2D eigenvalue weighted by atomic mass is 19.1. The molecule has 16 heavy (non-hydrogen) atoms. The zero-order chi connectivity index (χ0) is 11.5. The molecule has 1 N–H and O–H groups in total. The zero-order valence-electron chi connectivity index (χ0n) is 9.79. The minimum absolute atomic E-state index is 0.0665. The maximum atomic E-state index is 13.6. The van der Waals surface area contributed by atoms with Crippen molar-refractivity contribution < 1.29 is 9.13 Å². The van der Waals surface area contributed by atoms with Gasteiger partial charge in [-0.2, -0.15) is 0 Å². The van der Waals surface area contributed by atoms with E-state index in [0.29, 0.717) is 5.75 Å². The van der Waals surface area contributed by atoms with E-state index < -0.39 is 0 Å². The van der Waals surface area contributed by atoms with Crippen LogP contribution in [0.2, 0.25) is 0 Å². The van der Waals surface area contributed by atoms with Crippen molar-refractivity contribution in [2.75, 3.05) is 6.54 Å². The fourth-order valence-electron chi connectivity index (χ4n) is 2.29. The van der Waals surface area contributed by atoms with Crippen molar-refractivity contribution in [1.29, 1.82) is 0 Å². The fourth-order valence-corrected chi connectivity index (χ4v) is 2.29. The first-order valence-electron chi connectivity index (χ1n) is 5.96. The number of hydrogen-bond acceptors (Lipinski definition) is 2. The SMILES string of the molecule is CCCC1Oc2c(F)cccc2C1NCC. The van der Waals surface area contributed by atoms with Crippen LogP contribution in [0.25, 0.3) is 0 Å². The van der Waals surface area contributed by atoms with Crippen LogP contribution in [0, 0.1) is 5.82 Å². The van der Waals surface area contributed by atoms with Gasteiger partial charge < -0.3 is 10.1 Å². The van der Waals surface area contributed by atoms with Crippen LogP contribution >= 0.6 is 0 Å². The number of para-hydroxylation sites is 1. The zero-order valence-corrected chi connectivity index (χ0v) is 9.79. The molecular formula is C13H18FNO. The molecule has 2 atom stereocenters. The summed E-state index contributed by atoms with van der Waals surface area (Å²) in [4.78, 5) is 0. The fraction of sp³-hybridized carbons (Fsp3) is 0.538. The van der Waals surface area contributed by atoms with E-state index >= 15 is 0 Å². The van der Waals surface area contributed by atoms with Crippen LogP contribution in [-0.2, 0) is 0 Å². The van der Waals surface area contributed by atoms with Crippen molar-refractivity contribution in [3.8, 4) is 5.75 Å². The monoisotopic (exact) mass is 223 g/mol. The summed E-state index contributed by atoms with van der Waals surface area (Å²) >= 11 is 0. The minimum Gasteiger partial charge on any atom is -0.485 e. The number of halogens is 1. The normalized spacial score (nSPS) is 22.9. The van der Waals surface area contributed by atoms with Gasteiger partial charge in [0.1, 0.15) is 6.10 Å². The highest BCUT2D eigenvalue weighted by Crippen LogP contribution is 2.39. The average molecular weight is 223 g/mol. The maximum absolute atomic E-state index is 13.6. The van der Waals surface area contributed by atoms with Crippen LogP contribution in [0.3, 0.4) is 0 Å². The molecule has 0 fully saturated rings. The van der Waals surface area contributed by atoms with Crippen molar-refractivity contribution in [3.05, 3.63) is 29.6 Å². The van der Waals surface area contributed by atoms with Gasteiger partial charge >= 0.3 is 0 Å². The molecule has 2 rings (SSSR count). The summed E-state index contributed by atoms with van der Waals surface area (Å²) in [6.45, 7) is 5.04. The summed E-state index contributed by atoms with van der Waals surface area (Å²) in [6.07, 6.45) is 2.06. The molecule has 3 heteroatoms. The Morgan fingerprint density at radius 3 is 2.88 bits per heavy atom. The molecule has 0 saturated heterocycles. The van der Waals surface area contributed by atoms with Gasteiger partial charge in [-0.05, 0) is 19.0 Å². The summed E-state index contributed by atoms with van der Waals surface area (Å²) in [5, 5.41) is 3.37. The first-order chi connectivity index (χ1) is 7.77. The highest BCUT2D eigenvalue weighted by molar-refractivity contribution is 5.41. The number of nitrogens with one attached hydrogen (secondary N) is 1. The number of rotatable bonds is 4. The van der Waals surface area contributed by atoms with Gasteiger partial charge in [-0.3, -0.25) is 0 Å². The van der Waals surface area contributed by atoms with Crippen LogP contribution in [0.4, 0.5) is 4.39 Å². The topological polar surface area (TPSA) is 21.3 Å². The average Bonchev–Trinajstić information content (AvgIpc) is 2.61. The number of benzene rings is 1. The van der Waals surface area contributed by atoms with E-state index in [2.05, 4.69) is 19.2 Å². The molecule has 1 heterocycles. The summed E-state index contributed by atoms with van der Waals surface area (Å²) in [5.74, 6) is 0.186. The Morgan fingerprint density at radius 2 is 2.19 bits per heavy atom. The van der Waals surface area contributed by atoms with Crippen molar-refractivity contribution in [1.82, 2.24) is 5.32 Å². The Morgan fingerprint density at radius 1 is 1.38 bits per heavy atom. The van der Waals surface area contributed by atoms with E-state index in [1.165, 1.54) is 6.07 Å². The quantitative estimate of drug-likeness (QED) is 0.847. The molecule has 0 bridgehead atoms. The molecule has 1 aromatic rings. The molecule has 0 spiro atoms. The molecule has 0 aliphatic carbocycles. The minimum atomic E-state index is -0.251. The van der Waals surface area contributed by atoms with Crippen molar-refractivity contribution in [3.63, 3.8) is 0 Å². The van der Waals surface area contributed by atoms with Crippen molar-refractivity contribution in [2.45, 2.75) is 38.8 Å². The van der Waals surface area contributed by atoms with E-state index in [9.17, 15) is 4.39 Å². The van der Waals surface area contributed by atoms with Gasteiger partial charge in [-0.15, -0.1) is 0 Å². The predicted octanol–water partition coefficient (Wildman–Crippen LogP) is 3.04. The Bertz CT molecular complexity index is 367. The van der Waals surface area contributed by atoms with E-state index in [1.807, 2.05) is 6.07 Å². The molecule has 0 aromatic heterocycles. The van der Waals surface area contributed by atoms with Crippen molar-refractivity contribution >= 4 is 0 Å². The molecule has 2 nitrogen and oxygen atoms in total. The van der Waals surface area contributed by atoms with Gasteiger partial charge in [0.25, 0.3) is 0 Å². The summed E-state index contributed by atoms with van der Waals surface area (Å²) in [6, 6.07) is 5.28. The highest BCUT2D eigenvalue weighted by Gasteiger charge is 2.34. The second kappa shape index (κ2) is 4.83. The van der Waals surface area contributed by atoms with Crippen LogP contribution < -0.4 is 10.1 Å². The largest absolute Gasteiger partial charge is 0.485 e. The molecule has 1 aliphatic heterocycles. The van der Waals surface area contributed by atoms with Gasteiger partial charge in [0.2, 0.25) is 0 Å². The third-order valence-corrected chi connectivity index (χ3v) is 2.97. The Labute approximate surface area is 95.8 Å². The Balaban J connectivity index is 2.29. The van der Waals surface area contributed by atoms with Gasteiger partial charge in [0.05, 0.1) is 6.04 Å². The predicted molar refractivity (Wildman–Crippen MR) is 62.1 cm³/mol. The number of ether oxygens (including phenoxy) is 1. The number of hydrogen-bond donors (Lipinski definition) is 1. The van der Waals surface area contributed by atoms with E-state index in [-0.39, 0.29) is 18.0 Å². The second-order valence-corrected chi connectivity index (χ2v) is 4.14. The summed E-state index contributed by atoms with van der Waals surface area (Å²) < 4.78 is 19.3. The number of fused-ring (bicyclic) bond motifs is 1. The standard InChI is InChI=1S/C13H18FNO/c1-3-6-11-12(15-4-2)9-7-5-8-10(14)13(9)16-11/h5,7-8,11-12,15H,3-4,6H2,1-2H3. The molecule has 1 aliphatic rings. The third kappa shape index (κ3) is 1.92. The van der Waals surface area contributed by atoms with Crippen LogP contribution in [0.1, 0.15) is 38.3 Å². The van der Waals surface area contributed by atoms with E-state index in [4.69, 9.17) is 4.74 Å². The first kappa shape index (κ1) is 11.4. The first-order valence-corrected chi connectivity index (χ1v) is 5.96. The molecule has 0 amide bonds. The smallest absolute Gasteiger partial charge is 0.165 e. The summed E-state index contributed by atoms with van der Waals surface area (Å²) in [5.41, 5.74) is 0.959. The Kier molecular flexibility index (Phi) is 3.44.